The van der Waals surface area contributed by atoms with E-state index >= 15 is 0 Å². The molecule has 1 aromatic carbocycles. The Bertz CT molecular complexity index is 866. The van der Waals surface area contributed by atoms with Gasteiger partial charge in [0.25, 0.3) is 0 Å². The zero-order chi connectivity index (χ0) is 16.2. The van der Waals surface area contributed by atoms with Crippen molar-refractivity contribution in [3.05, 3.63) is 59.9 Å². The molecular weight excluding hydrogens is 294 g/mol. The van der Waals surface area contributed by atoms with Crippen molar-refractivity contribution in [2.24, 2.45) is 0 Å². The molecule has 3 aromatic rings. The molecule has 0 aliphatic carbocycles. The number of fused-ring (bicyclic) bond motifs is 1. The molecule has 0 saturated carbocycles. The molecule has 0 amide bonds. The van der Waals surface area contributed by atoms with Crippen molar-refractivity contribution >= 4 is 23.1 Å². The Kier molecular flexibility index (Phi) is 4.05. The second-order valence-electron chi connectivity index (χ2n) is 4.94. The molecule has 0 fully saturated rings. The summed E-state index contributed by atoms with van der Waals surface area (Å²) in [5.74, 6) is -0.214. The van der Waals surface area contributed by atoms with Crippen LogP contribution in [-0.4, -0.2) is 33.0 Å². The molecular formula is C17H15N3O3. The van der Waals surface area contributed by atoms with Crippen LogP contribution in [0, 0.1) is 0 Å². The van der Waals surface area contributed by atoms with Crippen molar-refractivity contribution in [2.45, 2.75) is 6.54 Å². The molecule has 0 radical (unpaired) electrons. The van der Waals surface area contributed by atoms with Crippen molar-refractivity contribution in [1.29, 1.82) is 0 Å². The van der Waals surface area contributed by atoms with Crippen LogP contribution in [0.4, 0.5) is 0 Å². The van der Waals surface area contributed by atoms with Crippen molar-refractivity contribution in [2.75, 3.05) is 7.11 Å². The summed E-state index contributed by atoms with van der Waals surface area (Å²) in [4.78, 5) is 15.1. The lowest BCUT2D eigenvalue weighted by molar-refractivity contribution is -0.131. The Labute approximate surface area is 132 Å². The van der Waals surface area contributed by atoms with Gasteiger partial charge in [-0.1, -0.05) is 12.1 Å². The molecule has 0 saturated heterocycles. The Morgan fingerprint density at radius 1 is 1.30 bits per heavy atom. The van der Waals surface area contributed by atoms with Crippen molar-refractivity contribution in [1.82, 2.24) is 14.8 Å². The van der Waals surface area contributed by atoms with Crippen LogP contribution in [0.15, 0.2) is 48.7 Å². The number of ether oxygens (including phenoxy) is 1. The standard InChI is InChI=1S/C17H15N3O3/c1-23-13-6-4-12(5-7-13)11-20-17-14(3-2-10-18-17)15(19-20)8-9-16(21)22/h2-10H,11H2,1H3,(H,21,22)/b9-8+. The maximum Gasteiger partial charge on any atom is 0.328 e. The van der Waals surface area contributed by atoms with Gasteiger partial charge in [0, 0.05) is 17.7 Å². The summed E-state index contributed by atoms with van der Waals surface area (Å²) in [5.41, 5.74) is 2.35. The van der Waals surface area contributed by atoms with E-state index in [1.165, 1.54) is 6.08 Å². The molecule has 1 N–H and O–H groups in total. The molecule has 23 heavy (non-hydrogen) atoms. The van der Waals surface area contributed by atoms with E-state index in [-0.39, 0.29) is 0 Å². The van der Waals surface area contributed by atoms with Gasteiger partial charge in [0.05, 0.1) is 19.3 Å². The quantitative estimate of drug-likeness (QED) is 0.733. The number of carbonyl (C=O) groups is 1. The Hall–Kier alpha value is -3.15. The van der Waals surface area contributed by atoms with E-state index in [1.807, 2.05) is 30.3 Å². The van der Waals surface area contributed by atoms with Gasteiger partial charge in [0.1, 0.15) is 5.75 Å². The first-order chi connectivity index (χ1) is 11.2. The highest BCUT2D eigenvalue weighted by molar-refractivity contribution is 5.90. The smallest absolute Gasteiger partial charge is 0.328 e. The van der Waals surface area contributed by atoms with E-state index in [2.05, 4.69) is 10.1 Å². The zero-order valence-electron chi connectivity index (χ0n) is 12.5. The van der Waals surface area contributed by atoms with Gasteiger partial charge in [-0.15, -0.1) is 0 Å². The second kappa shape index (κ2) is 6.31. The van der Waals surface area contributed by atoms with E-state index < -0.39 is 5.97 Å². The van der Waals surface area contributed by atoms with Gasteiger partial charge in [-0.25, -0.2) is 14.5 Å². The SMILES string of the molecule is COc1ccc(Cn2nc(/C=C/C(=O)O)c3cccnc32)cc1. The second-order valence-corrected chi connectivity index (χ2v) is 4.94. The maximum absolute atomic E-state index is 10.7. The molecule has 2 aromatic heterocycles. The van der Waals surface area contributed by atoms with Gasteiger partial charge in [-0.2, -0.15) is 5.10 Å². The zero-order valence-corrected chi connectivity index (χ0v) is 12.5. The third-order valence-electron chi connectivity index (χ3n) is 3.41. The van der Waals surface area contributed by atoms with Crippen LogP contribution in [0.1, 0.15) is 11.3 Å². The minimum absolute atomic E-state index is 0.540. The predicted octanol–water partition coefficient (Wildman–Crippen LogP) is 2.59. The fraction of sp³-hybridized carbons (Fsp3) is 0.118. The van der Waals surface area contributed by atoms with Crippen molar-refractivity contribution in [3.8, 4) is 5.75 Å². The van der Waals surface area contributed by atoms with Crippen LogP contribution in [0.3, 0.4) is 0 Å². The number of carboxylic acids is 1. The third-order valence-corrected chi connectivity index (χ3v) is 3.41. The Morgan fingerprint density at radius 3 is 2.78 bits per heavy atom. The van der Waals surface area contributed by atoms with Gasteiger partial charge in [0.15, 0.2) is 5.65 Å². The summed E-state index contributed by atoms with van der Waals surface area (Å²) in [6.07, 6.45) is 4.25. The molecule has 0 aliphatic heterocycles. The highest BCUT2D eigenvalue weighted by Gasteiger charge is 2.10. The van der Waals surface area contributed by atoms with E-state index in [9.17, 15) is 4.79 Å². The molecule has 0 atom stereocenters. The molecule has 3 rings (SSSR count). The lowest BCUT2D eigenvalue weighted by Crippen LogP contribution is -2.02. The number of rotatable bonds is 5. The molecule has 0 aliphatic rings. The van der Waals surface area contributed by atoms with E-state index in [0.29, 0.717) is 17.9 Å². The molecule has 116 valence electrons. The summed E-state index contributed by atoms with van der Waals surface area (Å²) in [6, 6.07) is 11.4. The van der Waals surface area contributed by atoms with Gasteiger partial charge in [0.2, 0.25) is 0 Å². The number of nitrogens with zero attached hydrogens (tertiary/aromatic N) is 3. The number of benzene rings is 1. The minimum atomic E-state index is -1.01. The first-order valence-corrected chi connectivity index (χ1v) is 7.03. The highest BCUT2D eigenvalue weighted by Crippen LogP contribution is 2.19. The molecule has 6 nitrogen and oxygen atoms in total. The number of aromatic nitrogens is 3. The fourth-order valence-corrected chi connectivity index (χ4v) is 2.32. The van der Waals surface area contributed by atoms with Crippen molar-refractivity contribution in [3.63, 3.8) is 0 Å². The number of methoxy groups -OCH3 is 1. The number of hydrogen-bond donors (Lipinski definition) is 1. The number of carboxylic acid groups (broad SMARTS) is 1. The number of aliphatic carboxylic acids is 1. The third kappa shape index (κ3) is 3.21. The van der Waals surface area contributed by atoms with Crippen LogP contribution >= 0.6 is 0 Å². The van der Waals surface area contributed by atoms with Gasteiger partial charge in [-0.3, -0.25) is 0 Å². The lowest BCUT2D eigenvalue weighted by atomic mass is 10.2. The lowest BCUT2D eigenvalue weighted by Gasteiger charge is -2.04. The van der Waals surface area contributed by atoms with Crippen LogP contribution in [0.5, 0.6) is 5.75 Å². The van der Waals surface area contributed by atoms with Gasteiger partial charge >= 0.3 is 5.97 Å². The summed E-state index contributed by atoms with van der Waals surface area (Å²) in [5, 5.41) is 14.1. The molecule has 6 heteroatoms. The van der Waals surface area contributed by atoms with E-state index in [4.69, 9.17) is 9.84 Å². The summed E-state index contributed by atoms with van der Waals surface area (Å²) < 4.78 is 6.91. The van der Waals surface area contributed by atoms with Crippen LogP contribution in [0.2, 0.25) is 0 Å². The molecule has 2 heterocycles. The van der Waals surface area contributed by atoms with Crippen LogP contribution in [0.25, 0.3) is 17.1 Å². The molecule has 0 spiro atoms. The predicted molar refractivity (Wildman–Crippen MR) is 86.3 cm³/mol. The van der Waals surface area contributed by atoms with Crippen molar-refractivity contribution < 1.29 is 14.6 Å². The van der Waals surface area contributed by atoms with Crippen LogP contribution < -0.4 is 4.74 Å². The van der Waals surface area contributed by atoms with E-state index in [1.54, 1.807) is 24.1 Å². The topological polar surface area (TPSA) is 77.2 Å². The highest BCUT2D eigenvalue weighted by atomic mass is 16.5. The average Bonchev–Trinajstić information content (AvgIpc) is 2.92. The first kappa shape index (κ1) is 14.8. The monoisotopic (exact) mass is 309 g/mol. The Balaban J connectivity index is 1.98. The minimum Gasteiger partial charge on any atom is -0.497 e. The summed E-state index contributed by atoms with van der Waals surface area (Å²) in [6.45, 7) is 0.540. The first-order valence-electron chi connectivity index (χ1n) is 7.03. The van der Waals surface area contributed by atoms with Crippen LogP contribution in [-0.2, 0) is 11.3 Å². The molecule has 0 unspecified atom stereocenters. The number of hydrogen-bond acceptors (Lipinski definition) is 4. The Morgan fingerprint density at radius 2 is 2.09 bits per heavy atom. The summed E-state index contributed by atoms with van der Waals surface area (Å²) >= 11 is 0. The fourth-order valence-electron chi connectivity index (χ4n) is 2.32. The normalized spacial score (nSPS) is 11.2. The van der Waals surface area contributed by atoms with Gasteiger partial charge in [-0.05, 0) is 35.9 Å². The van der Waals surface area contributed by atoms with Gasteiger partial charge < -0.3 is 9.84 Å². The summed E-state index contributed by atoms with van der Waals surface area (Å²) in [7, 11) is 1.63. The average molecular weight is 309 g/mol. The maximum atomic E-state index is 10.7. The largest absolute Gasteiger partial charge is 0.497 e. The molecule has 0 bridgehead atoms. The van der Waals surface area contributed by atoms with E-state index in [0.717, 1.165) is 22.8 Å². The number of pyridine rings is 1.